The van der Waals surface area contributed by atoms with Gasteiger partial charge in [-0.15, -0.1) is 0 Å². The quantitative estimate of drug-likeness (QED) is 0.723. The molecule has 4 nitrogen and oxygen atoms in total. The molecule has 0 aromatic rings. The van der Waals surface area contributed by atoms with Crippen LogP contribution < -0.4 is 0 Å². The largest absolute Gasteiger partial charge is 0.393 e. The molecule has 0 unspecified atom stereocenters. The Bertz CT molecular complexity index is 570. The number of carbonyl (C=O) groups is 1. The summed E-state index contributed by atoms with van der Waals surface area (Å²) < 4.78 is 6.27. The summed E-state index contributed by atoms with van der Waals surface area (Å²) in [7, 11) is 0. The minimum atomic E-state index is -1.03. The van der Waals surface area contributed by atoms with Crippen LogP contribution in [0.4, 0.5) is 0 Å². The molecule has 0 aromatic heterocycles. The van der Waals surface area contributed by atoms with Gasteiger partial charge in [-0.25, -0.2) is 0 Å². The van der Waals surface area contributed by atoms with Crippen LogP contribution in [0.5, 0.6) is 0 Å². The van der Waals surface area contributed by atoms with Gasteiger partial charge in [0.1, 0.15) is 5.60 Å². The summed E-state index contributed by atoms with van der Waals surface area (Å²) in [4.78, 5) is 12.8. The molecule has 136 valence electrons. The van der Waals surface area contributed by atoms with E-state index >= 15 is 0 Å². The zero-order chi connectivity index (χ0) is 18.1. The third-order valence-corrected chi connectivity index (χ3v) is 7.88. The highest BCUT2D eigenvalue weighted by atomic mass is 16.5. The maximum atomic E-state index is 12.8. The van der Waals surface area contributed by atoms with Gasteiger partial charge in [-0.05, 0) is 49.9 Å². The van der Waals surface area contributed by atoms with Gasteiger partial charge in [0.25, 0.3) is 0 Å². The molecule has 7 atom stereocenters. The van der Waals surface area contributed by atoms with Crippen molar-refractivity contribution in [3.8, 4) is 0 Å². The Hall–Kier alpha value is -0.710. The first-order valence-electron chi connectivity index (χ1n) is 9.15. The van der Waals surface area contributed by atoms with Crippen LogP contribution in [-0.2, 0) is 9.53 Å². The molecule has 2 N–H and O–H groups in total. The van der Waals surface area contributed by atoms with Crippen molar-refractivity contribution < 1.29 is 19.7 Å². The van der Waals surface area contributed by atoms with Gasteiger partial charge in [0, 0.05) is 12.3 Å². The van der Waals surface area contributed by atoms with E-state index in [1.807, 2.05) is 6.92 Å². The molecule has 4 heteroatoms. The average molecular weight is 336 g/mol. The van der Waals surface area contributed by atoms with E-state index in [4.69, 9.17) is 4.74 Å². The second-order valence-electron chi connectivity index (χ2n) is 9.46. The Labute approximate surface area is 145 Å². The fraction of sp³-hybridized carbons (Fsp3) is 0.850. The molecular weight excluding hydrogens is 304 g/mol. The van der Waals surface area contributed by atoms with Gasteiger partial charge in [-0.1, -0.05) is 33.4 Å². The van der Waals surface area contributed by atoms with Crippen LogP contribution >= 0.6 is 0 Å². The first kappa shape index (κ1) is 18.1. The van der Waals surface area contributed by atoms with E-state index in [-0.39, 0.29) is 34.6 Å². The monoisotopic (exact) mass is 336 g/mol. The number of hydrogen-bond acceptors (Lipinski definition) is 4. The molecule has 2 aliphatic carbocycles. The molecule has 0 aromatic carbocycles. The Kier molecular flexibility index (Phi) is 3.88. The van der Waals surface area contributed by atoms with Crippen molar-refractivity contribution in [3.63, 3.8) is 0 Å². The summed E-state index contributed by atoms with van der Waals surface area (Å²) in [5.41, 5.74) is -2.20. The van der Waals surface area contributed by atoms with Crippen molar-refractivity contribution in [1.29, 1.82) is 0 Å². The molecule has 0 spiro atoms. The number of hydrogen-bond donors (Lipinski definition) is 2. The van der Waals surface area contributed by atoms with Gasteiger partial charge in [0.2, 0.25) is 0 Å². The minimum Gasteiger partial charge on any atom is -0.393 e. The molecule has 24 heavy (non-hydrogen) atoms. The van der Waals surface area contributed by atoms with Crippen molar-refractivity contribution in [1.82, 2.24) is 0 Å². The molecule has 0 radical (unpaired) electrons. The lowest BCUT2D eigenvalue weighted by molar-refractivity contribution is -0.285. The van der Waals surface area contributed by atoms with Crippen LogP contribution in [-0.4, -0.2) is 39.4 Å². The molecular formula is C20H32O4. The van der Waals surface area contributed by atoms with E-state index in [0.29, 0.717) is 12.8 Å². The smallest absolute Gasteiger partial charge is 0.168 e. The van der Waals surface area contributed by atoms with E-state index in [1.165, 1.54) is 0 Å². The Morgan fingerprint density at radius 1 is 1.12 bits per heavy atom. The van der Waals surface area contributed by atoms with Crippen molar-refractivity contribution in [2.45, 2.75) is 83.7 Å². The minimum absolute atomic E-state index is 0.0398. The summed E-state index contributed by atoms with van der Waals surface area (Å²) in [6.45, 7) is 13.9. The third kappa shape index (κ3) is 2.12. The van der Waals surface area contributed by atoms with Crippen LogP contribution in [0.25, 0.3) is 0 Å². The van der Waals surface area contributed by atoms with Crippen LogP contribution in [0, 0.1) is 22.7 Å². The highest BCUT2D eigenvalue weighted by Gasteiger charge is 2.67. The molecule has 3 rings (SSSR count). The molecule has 0 amide bonds. The van der Waals surface area contributed by atoms with E-state index in [1.54, 1.807) is 13.0 Å². The van der Waals surface area contributed by atoms with E-state index in [9.17, 15) is 15.0 Å². The Balaban J connectivity index is 2.07. The predicted octanol–water partition coefficient (Wildman–Crippen LogP) is 2.86. The topological polar surface area (TPSA) is 66.8 Å². The van der Waals surface area contributed by atoms with Gasteiger partial charge < -0.3 is 14.9 Å². The van der Waals surface area contributed by atoms with E-state index < -0.39 is 17.3 Å². The average Bonchev–Trinajstić information content (AvgIpc) is 2.50. The fourth-order valence-electron chi connectivity index (χ4n) is 6.04. The molecule has 1 saturated heterocycles. The normalized spacial score (nSPS) is 53.9. The second kappa shape index (κ2) is 5.15. The van der Waals surface area contributed by atoms with Crippen molar-refractivity contribution >= 4 is 5.78 Å². The number of ether oxygens (including phenoxy) is 1. The molecule has 2 saturated carbocycles. The van der Waals surface area contributed by atoms with E-state index in [2.05, 4.69) is 27.4 Å². The number of Topliss-reactive ketones (excluding diaryl/α,β-unsaturated/α-hetero) is 1. The summed E-state index contributed by atoms with van der Waals surface area (Å²) >= 11 is 0. The SMILES string of the molecule is C=C[C@]1(C)O[C@@]2(C)[C@H](O)C[C@@H]3C(C)(C)[C@H](O)CC[C@@]3(C)[C@@H]2CC1=O. The van der Waals surface area contributed by atoms with Gasteiger partial charge in [-0.3, -0.25) is 4.79 Å². The first-order chi connectivity index (χ1) is 10.9. The maximum absolute atomic E-state index is 12.8. The van der Waals surface area contributed by atoms with Gasteiger partial charge in [0.05, 0.1) is 17.8 Å². The Morgan fingerprint density at radius 2 is 1.75 bits per heavy atom. The molecule has 3 fully saturated rings. The Morgan fingerprint density at radius 3 is 2.33 bits per heavy atom. The second-order valence-corrected chi connectivity index (χ2v) is 9.46. The number of ketones is 1. The summed E-state index contributed by atoms with van der Waals surface area (Å²) in [5.74, 6) is 0.148. The van der Waals surface area contributed by atoms with Crippen LogP contribution in [0.2, 0.25) is 0 Å². The van der Waals surface area contributed by atoms with Crippen molar-refractivity contribution in [3.05, 3.63) is 12.7 Å². The lowest BCUT2D eigenvalue weighted by Crippen LogP contribution is -2.70. The summed E-state index contributed by atoms with van der Waals surface area (Å²) in [5, 5.41) is 21.5. The van der Waals surface area contributed by atoms with Crippen molar-refractivity contribution in [2.24, 2.45) is 22.7 Å². The molecule has 1 aliphatic heterocycles. The lowest BCUT2D eigenvalue weighted by atomic mass is 9.43. The van der Waals surface area contributed by atoms with Gasteiger partial charge >= 0.3 is 0 Å². The number of fused-ring (bicyclic) bond motifs is 3. The lowest BCUT2D eigenvalue weighted by Gasteiger charge is -2.66. The van der Waals surface area contributed by atoms with E-state index in [0.717, 1.165) is 12.8 Å². The maximum Gasteiger partial charge on any atom is 0.168 e. The van der Waals surface area contributed by atoms with Crippen LogP contribution in [0.15, 0.2) is 12.7 Å². The van der Waals surface area contributed by atoms with Crippen LogP contribution in [0.1, 0.15) is 60.3 Å². The summed E-state index contributed by atoms with van der Waals surface area (Å²) in [6.07, 6.45) is 3.12. The van der Waals surface area contributed by atoms with Gasteiger partial charge in [0.15, 0.2) is 5.78 Å². The number of aliphatic hydroxyl groups excluding tert-OH is 2. The molecule has 3 aliphatic rings. The fourth-order valence-corrected chi connectivity index (χ4v) is 6.04. The first-order valence-corrected chi connectivity index (χ1v) is 9.15. The van der Waals surface area contributed by atoms with Gasteiger partial charge in [-0.2, -0.15) is 0 Å². The summed E-state index contributed by atoms with van der Waals surface area (Å²) in [6, 6.07) is 0. The van der Waals surface area contributed by atoms with Crippen molar-refractivity contribution in [2.75, 3.05) is 0 Å². The highest BCUT2D eigenvalue weighted by molar-refractivity contribution is 5.90. The third-order valence-electron chi connectivity index (χ3n) is 7.88. The molecule has 1 heterocycles. The number of aliphatic hydroxyl groups is 2. The van der Waals surface area contributed by atoms with Crippen LogP contribution in [0.3, 0.4) is 0 Å². The molecule has 0 bridgehead atoms. The standard InChI is InChI=1S/C20H32O4/c1-7-19(5)15(22)11-13-18(4)9-8-14(21)17(2,3)12(18)10-16(23)20(13,6)24-19/h7,12-14,16,21,23H,1,8-11H2,2-6H3/t12-,13+,14-,16-,18-,19+,20-/m1/s1. The number of rotatable bonds is 1. The number of carbonyl (C=O) groups excluding carboxylic acids is 1. The highest BCUT2D eigenvalue weighted by Crippen LogP contribution is 2.65. The predicted molar refractivity (Wildman–Crippen MR) is 92.4 cm³/mol. The zero-order valence-corrected chi connectivity index (χ0v) is 15.6. The zero-order valence-electron chi connectivity index (χ0n) is 15.6.